The Balaban J connectivity index is 1.83. The number of rotatable bonds is 4. The summed E-state index contributed by atoms with van der Waals surface area (Å²) >= 11 is 0. The zero-order chi connectivity index (χ0) is 21.6. The van der Waals surface area contributed by atoms with Crippen LogP contribution in [0.25, 0.3) is 10.9 Å². The molecule has 11 nitrogen and oxygen atoms in total. The Hall–Kier alpha value is -3.74. The highest BCUT2D eigenvalue weighted by molar-refractivity contribution is 8.23. The molecular weight excluding hydrogens is 414 g/mol. The van der Waals surface area contributed by atoms with E-state index in [0.717, 1.165) is 4.68 Å². The van der Waals surface area contributed by atoms with Gasteiger partial charge in [0.2, 0.25) is 0 Å². The summed E-state index contributed by atoms with van der Waals surface area (Å²) in [4.78, 5) is 23.6. The van der Waals surface area contributed by atoms with E-state index >= 15 is 0 Å². The minimum Gasteiger partial charge on any atom is -0.506 e. The molecule has 0 atom stereocenters. The number of amidine groups is 1. The molecule has 4 rings (SSSR count). The Kier molecular flexibility index (Phi) is 4.53. The number of amides is 1. The Morgan fingerprint density at radius 1 is 1.23 bits per heavy atom. The second kappa shape index (κ2) is 6.95. The molecule has 8 N–H and O–H groups in total. The van der Waals surface area contributed by atoms with Crippen LogP contribution in [0.15, 0.2) is 56.6 Å². The molecular formula is C18H17N5O6S. The van der Waals surface area contributed by atoms with Crippen LogP contribution in [0.5, 0.6) is 11.5 Å². The van der Waals surface area contributed by atoms with E-state index in [2.05, 4.69) is 9.71 Å². The van der Waals surface area contributed by atoms with Crippen molar-refractivity contribution in [1.29, 1.82) is 0 Å². The number of hydrogen-bond donors (Lipinski definition) is 6. The average Bonchev–Trinajstić information content (AvgIpc) is 2.70. The Morgan fingerprint density at radius 3 is 2.70 bits per heavy atom. The van der Waals surface area contributed by atoms with E-state index in [4.69, 9.17) is 16.3 Å². The highest BCUT2D eigenvalue weighted by Gasteiger charge is 2.30. The number of anilines is 1. The molecule has 0 unspecified atom stereocenters. The van der Waals surface area contributed by atoms with E-state index in [1.807, 2.05) is 0 Å². The number of carbonyl (C=O) groups is 1. The van der Waals surface area contributed by atoms with Gasteiger partial charge in [0.05, 0.1) is 11.2 Å². The minimum atomic E-state index is -3.77. The van der Waals surface area contributed by atoms with Gasteiger partial charge in [-0.2, -0.15) is 0 Å². The highest BCUT2D eigenvalue weighted by atomic mass is 32.3. The normalized spacial score (nSPS) is 15.6. The molecule has 0 radical (unpaired) electrons. The summed E-state index contributed by atoms with van der Waals surface area (Å²) in [6.07, 6.45) is 0. The SMILES string of the molecule is NC(=O)COc1ccc2c(c1)S(O)(O)N=C(c1c(O)c3ccccc3n(N)c1=O)N2. The monoisotopic (exact) mass is 431 g/mol. The number of benzene rings is 2. The van der Waals surface area contributed by atoms with Crippen LogP contribution in [0.2, 0.25) is 0 Å². The summed E-state index contributed by atoms with van der Waals surface area (Å²) < 4.78 is 31.0. The van der Waals surface area contributed by atoms with Gasteiger partial charge in [0.15, 0.2) is 12.4 Å². The molecule has 1 amide bonds. The third-order valence-electron chi connectivity index (χ3n) is 4.43. The van der Waals surface area contributed by atoms with E-state index in [0.29, 0.717) is 5.52 Å². The average molecular weight is 431 g/mol. The van der Waals surface area contributed by atoms with Crippen molar-refractivity contribution < 1.29 is 23.7 Å². The Morgan fingerprint density at radius 2 is 1.97 bits per heavy atom. The lowest BCUT2D eigenvalue weighted by molar-refractivity contribution is -0.119. The molecule has 1 aromatic heterocycles. The van der Waals surface area contributed by atoms with Crippen molar-refractivity contribution in [3.05, 3.63) is 58.4 Å². The van der Waals surface area contributed by atoms with Gasteiger partial charge in [-0.1, -0.05) is 22.9 Å². The number of pyridine rings is 1. The first-order valence-electron chi connectivity index (χ1n) is 8.51. The molecule has 156 valence electrons. The summed E-state index contributed by atoms with van der Waals surface area (Å²) in [5.41, 5.74) is 4.47. The van der Waals surface area contributed by atoms with Gasteiger partial charge in [0, 0.05) is 11.5 Å². The van der Waals surface area contributed by atoms with E-state index in [-0.39, 0.29) is 39.7 Å². The molecule has 0 aliphatic carbocycles. The van der Waals surface area contributed by atoms with Gasteiger partial charge < -0.3 is 26.7 Å². The van der Waals surface area contributed by atoms with Gasteiger partial charge in [-0.15, -0.1) is 4.40 Å². The zero-order valence-electron chi connectivity index (χ0n) is 15.3. The maximum atomic E-state index is 12.8. The molecule has 30 heavy (non-hydrogen) atoms. The molecule has 1 aliphatic rings. The summed E-state index contributed by atoms with van der Waals surface area (Å²) in [6.45, 7) is -0.388. The van der Waals surface area contributed by atoms with E-state index in [9.17, 15) is 23.8 Å². The molecule has 2 aromatic carbocycles. The van der Waals surface area contributed by atoms with E-state index in [1.54, 1.807) is 24.3 Å². The van der Waals surface area contributed by atoms with Crippen molar-refractivity contribution in [2.75, 3.05) is 17.8 Å². The fourth-order valence-corrected chi connectivity index (χ4v) is 4.25. The number of nitrogens with two attached hydrogens (primary N) is 2. The van der Waals surface area contributed by atoms with Crippen LogP contribution in [0.1, 0.15) is 5.56 Å². The number of nitrogen functional groups attached to an aromatic ring is 1. The molecule has 2 heterocycles. The molecule has 0 fully saturated rings. The third kappa shape index (κ3) is 3.18. The molecule has 3 aromatic rings. The standard InChI is InChI=1S/C18H17N5O6S/c19-14(24)8-29-9-5-6-11-13(7-9)30(27,28)22-17(21-11)15-16(25)10-3-1-2-4-12(10)23(20)18(15)26/h1-7,25,27-28H,8,20H2,(H2,19,24)(H,21,22). The first kappa shape index (κ1) is 19.6. The van der Waals surface area contributed by atoms with Gasteiger partial charge >= 0.3 is 0 Å². The fourth-order valence-electron chi connectivity index (χ4n) is 3.07. The Labute approximate surface area is 170 Å². The number of fused-ring (bicyclic) bond motifs is 2. The summed E-state index contributed by atoms with van der Waals surface area (Å²) in [5, 5.41) is 13.8. The van der Waals surface area contributed by atoms with Gasteiger partial charge in [-0.3, -0.25) is 18.7 Å². The smallest absolute Gasteiger partial charge is 0.284 e. The lowest BCUT2D eigenvalue weighted by Gasteiger charge is -2.34. The predicted octanol–water partition coefficient (Wildman–Crippen LogP) is 1.18. The largest absolute Gasteiger partial charge is 0.506 e. The number of carbonyl (C=O) groups excluding carboxylic acids is 1. The lowest BCUT2D eigenvalue weighted by Crippen LogP contribution is -2.35. The second-order valence-electron chi connectivity index (χ2n) is 6.41. The highest BCUT2D eigenvalue weighted by Crippen LogP contribution is 2.56. The first-order valence-corrected chi connectivity index (χ1v) is 10.0. The maximum Gasteiger partial charge on any atom is 0.284 e. The van der Waals surface area contributed by atoms with E-state index in [1.165, 1.54) is 18.2 Å². The van der Waals surface area contributed by atoms with Crippen LogP contribution in [0.3, 0.4) is 0 Å². The van der Waals surface area contributed by atoms with Gasteiger partial charge in [-0.25, -0.2) is 4.68 Å². The van der Waals surface area contributed by atoms with Crippen LogP contribution in [-0.4, -0.2) is 37.2 Å². The predicted molar refractivity (Wildman–Crippen MR) is 112 cm³/mol. The summed E-state index contributed by atoms with van der Waals surface area (Å²) in [7, 11) is -3.77. The molecule has 0 bridgehead atoms. The second-order valence-corrected chi connectivity index (χ2v) is 8.07. The minimum absolute atomic E-state index is 0.0124. The number of nitrogens with zero attached hydrogens (tertiary/aromatic N) is 2. The molecule has 0 saturated heterocycles. The van der Waals surface area contributed by atoms with Gasteiger partial charge in [-0.05, 0) is 24.3 Å². The number of aromatic hydroxyl groups is 1. The summed E-state index contributed by atoms with van der Waals surface area (Å²) in [5.74, 6) is 4.70. The maximum absolute atomic E-state index is 12.8. The number of hydrogen-bond acceptors (Lipinski definition) is 9. The zero-order valence-corrected chi connectivity index (χ0v) is 16.1. The summed E-state index contributed by atoms with van der Waals surface area (Å²) in [6, 6.07) is 10.7. The number of aromatic nitrogens is 1. The topological polar surface area (TPSA) is 185 Å². The van der Waals surface area contributed by atoms with Crippen molar-refractivity contribution in [3.8, 4) is 11.5 Å². The Bertz CT molecular complexity index is 1290. The number of primary amides is 1. The van der Waals surface area contributed by atoms with Crippen molar-refractivity contribution >= 4 is 39.1 Å². The van der Waals surface area contributed by atoms with Crippen molar-refractivity contribution in [2.24, 2.45) is 10.1 Å². The molecule has 0 saturated carbocycles. The quantitative estimate of drug-likeness (QED) is 0.332. The van der Waals surface area contributed by atoms with Crippen LogP contribution in [-0.2, 0) is 4.79 Å². The van der Waals surface area contributed by atoms with Crippen LogP contribution in [0, 0.1) is 0 Å². The van der Waals surface area contributed by atoms with Crippen LogP contribution < -0.4 is 27.2 Å². The number of para-hydroxylation sites is 1. The lowest BCUT2D eigenvalue weighted by atomic mass is 10.1. The molecule has 1 aliphatic heterocycles. The van der Waals surface area contributed by atoms with Crippen molar-refractivity contribution in [3.63, 3.8) is 0 Å². The van der Waals surface area contributed by atoms with Gasteiger partial charge in [0.1, 0.15) is 22.0 Å². The van der Waals surface area contributed by atoms with Crippen LogP contribution >= 0.6 is 10.8 Å². The number of nitrogens with one attached hydrogen (secondary N) is 1. The number of ether oxygens (including phenoxy) is 1. The first-order chi connectivity index (χ1) is 14.2. The van der Waals surface area contributed by atoms with Crippen LogP contribution in [0.4, 0.5) is 5.69 Å². The third-order valence-corrected chi connectivity index (χ3v) is 5.79. The van der Waals surface area contributed by atoms with Gasteiger partial charge in [0.25, 0.3) is 11.5 Å². The van der Waals surface area contributed by atoms with E-state index < -0.39 is 28.0 Å². The molecule has 12 heteroatoms. The molecule has 0 spiro atoms. The van der Waals surface area contributed by atoms with Crippen molar-refractivity contribution in [2.45, 2.75) is 4.90 Å². The van der Waals surface area contributed by atoms with Crippen molar-refractivity contribution in [1.82, 2.24) is 4.68 Å². The fraction of sp³-hybridized carbons (Fsp3) is 0.0556.